The van der Waals surface area contributed by atoms with Crippen molar-refractivity contribution in [2.75, 3.05) is 14.1 Å². The summed E-state index contributed by atoms with van der Waals surface area (Å²) in [6.07, 6.45) is 1.38. The van der Waals surface area contributed by atoms with Crippen LogP contribution in [0.4, 0.5) is 5.69 Å². The molecule has 0 spiro atoms. The number of benzene rings is 2. The van der Waals surface area contributed by atoms with Gasteiger partial charge in [0.25, 0.3) is 5.69 Å². The minimum Gasteiger partial charge on any atom is -0.323 e. The van der Waals surface area contributed by atoms with Gasteiger partial charge >= 0.3 is 0 Å². The smallest absolute Gasteiger partial charge is 0.272 e. The van der Waals surface area contributed by atoms with E-state index in [4.69, 9.17) is 0 Å². The van der Waals surface area contributed by atoms with E-state index in [1.165, 1.54) is 11.3 Å². The summed E-state index contributed by atoms with van der Waals surface area (Å²) in [7, 11) is 3.75. The van der Waals surface area contributed by atoms with Gasteiger partial charge in [-0.2, -0.15) is 0 Å². The molecule has 1 aromatic heterocycles. The van der Waals surface area contributed by atoms with Crippen LogP contribution in [0.15, 0.2) is 36.4 Å². The van der Waals surface area contributed by atoms with Crippen LogP contribution in [0.1, 0.15) is 36.9 Å². The molecule has 3 aromatic rings. The van der Waals surface area contributed by atoms with Crippen LogP contribution in [-0.2, 0) is 6.42 Å². The summed E-state index contributed by atoms with van der Waals surface area (Å²) in [5.74, 6) is 0. The highest BCUT2D eigenvalue weighted by Crippen LogP contribution is 2.30. The summed E-state index contributed by atoms with van der Waals surface area (Å²) in [5.41, 5.74) is 5.33. The lowest BCUT2D eigenvalue weighted by Crippen LogP contribution is -1.97. The maximum atomic E-state index is 11.5. The highest BCUT2D eigenvalue weighted by molar-refractivity contribution is 7.13. The van der Waals surface area contributed by atoms with Crippen LogP contribution in [0.2, 0.25) is 0 Å². The van der Waals surface area contributed by atoms with Crippen molar-refractivity contribution in [3.05, 3.63) is 78.7 Å². The molecule has 0 aliphatic rings. The molecule has 0 saturated heterocycles. The van der Waals surface area contributed by atoms with E-state index in [2.05, 4.69) is 10.3 Å². The first-order valence-corrected chi connectivity index (χ1v) is 9.97. The van der Waals surface area contributed by atoms with Crippen molar-refractivity contribution in [1.82, 2.24) is 10.3 Å². The van der Waals surface area contributed by atoms with Crippen LogP contribution < -0.4 is 5.32 Å². The number of nitro groups is 1. The highest BCUT2D eigenvalue weighted by Gasteiger charge is 2.17. The zero-order chi connectivity index (χ0) is 21.6. The molecule has 0 aliphatic heterocycles. The van der Waals surface area contributed by atoms with Gasteiger partial charge in [-0.25, -0.2) is 4.98 Å². The van der Waals surface area contributed by atoms with Gasteiger partial charge in [-0.15, -0.1) is 11.3 Å². The van der Waals surface area contributed by atoms with E-state index < -0.39 is 0 Å². The van der Waals surface area contributed by atoms with Gasteiger partial charge in [0.1, 0.15) is 0 Å². The Morgan fingerprint density at radius 3 is 2.28 bits per heavy atom. The fraction of sp³-hybridized carbons (Fsp3) is 0.273. The van der Waals surface area contributed by atoms with Crippen LogP contribution in [0.5, 0.6) is 0 Å². The largest absolute Gasteiger partial charge is 0.323 e. The van der Waals surface area contributed by atoms with Gasteiger partial charge in [0.05, 0.1) is 20.5 Å². The third-order valence-corrected chi connectivity index (χ3v) is 5.30. The van der Waals surface area contributed by atoms with E-state index in [-0.39, 0.29) is 10.6 Å². The Morgan fingerprint density at radius 2 is 1.72 bits per heavy atom. The number of nitrogens with one attached hydrogen (secondary N) is 1. The Kier molecular flexibility index (Phi) is 7.75. The van der Waals surface area contributed by atoms with E-state index in [9.17, 15) is 14.9 Å². The molecule has 1 heterocycles. The molecular formula is C22H25N3O3S. The molecule has 0 unspecified atom stereocenters. The normalized spacial score (nSPS) is 10.2. The summed E-state index contributed by atoms with van der Waals surface area (Å²) < 4.78 is 0. The molecule has 152 valence electrons. The third-order valence-electron chi connectivity index (χ3n) is 4.32. The number of hydrogen-bond donors (Lipinski definition) is 1. The highest BCUT2D eigenvalue weighted by atomic mass is 32.1. The maximum absolute atomic E-state index is 11.5. The van der Waals surface area contributed by atoms with Crippen LogP contribution in [0.25, 0.3) is 11.3 Å². The Bertz CT molecular complexity index is 1010. The zero-order valence-electron chi connectivity index (χ0n) is 17.3. The minimum atomic E-state index is -0.366. The standard InChI is InChI=1S/C20H18N2O3S.C2H7N/c1-12-4-6-15(7-5-12)20-18(11-23)26-19(21-20)10-16-8-14(3)17(22(24)25)9-13(16)2;1-3-2/h4-9,11H,10H2,1-3H3;3H,1-2H3. The number of nitro benzene ring substituents is 1. The fourth-order valence-electron chi connectivity index (χ4n) is 2.86. The number of aryl methyl sites for hydroxylation is 3. The summed E-state index contributed by atoms with van der Waals surface area (Å²) in [5, 5.41) is 14.6. The number of hydrogen-bond acceptors (Lipinski definition) is 6. The first kappa shape index (κ1) is 22.4. The van der Waals surface area contributed by atoms with E-state index >= 15 is 0 Å². The molecule has 0 aliphatic carbocycles. The maximum Gasteiger partial charge on any atom is 0.272 e. The SMILES string of the molecule is CNC.Cc1ccc(-c2nc(Cc3cc(C)c([N+](=O)[O-])cc3C)sc2C=O)cc1. The molecule has 0 saturated carbocycles. The van der Waals surface area contributed by atoms with E-state index in [1.54, 1.807) is 13.0 Å². The summed E-state index contributed by atoms with van der Waals surface area (Å²) in [6, 6.07) is 11.3. The molecule has 6 nitrogen and oxygen atoms in total. The van der Waals surface area contributed by atoms with Crippen molar-refractivity contribution in [1.29, 1.82) is 0 Å². The third kappa shape index (κ3) is 5.56. The predicted octanol–water partition coefficient (Wildman–Crippen LogP) is 4.88. The number of carbonyl (C=O) groups is 1. The second-order valence-electron chi connectivity index (χ2n) is 6.80. The molecular weight excluding hydrogens is 386 g/mol. The van der Waals surface area contributed by atoms with Crippen LogP contribution >= 0.6 is 11.3 Å². The van der Waals surface area contributed by atoms with Crippen LogP contribution in [-0.4, -0.2) is 30.3 Å². The summed E-state index contributed by atoms with van der Waals surface area (Å²) in [6.45, 7) is 5.60. The van der Waals surface area contributed by atoms with Gasteiger partial charge in [0.2, 0.25) is 0 Å². The summed E-state index contributed by atoms with van der Waals surface area (Å²) >= 11 is 1.37. The van der Waals surface area contributed by atoms with Crippen LogP contribution in [0.3, 0.4) is 0 Å². The lowest BCUT2D eigenvalue weighted by Gasteiger charge is -2.06. The number of aromatic nitrogens is 1. The van der Waals surface area contributed by atoms with Gasteiger partial charge in [0.15, 0.2) is 6.29 Å². The summed E-state index contributed by atoms with van der Waals surface area (Å²) in [4.78, 5) is 27.4. The van der Waals surface area contributed by atoms with Gasteiger partial charge in [-0.05, 0) is 52.1 Å². The quantitative estimate of drug-likeness (QED) is 0.367. The van der Waals surface area contributed by atoms with Gasteiger partial charge in [-0.3, -0.25) is 14.9 Å². The van der Waals surface area contributed by atoms with Gasteiger partial charge in [-0.1, -0.05) is 29.8 Å². The fourth-order valence-corrected chi connectivity index (χ4v) is 3.79. The molecule has 0 atom stereocenters. The van der Waals surface area contributed by atoms with E-state index in [0.29, 0.717) is 22.6 Å². The molecule has 1 N–H and O–H groups in total. The van der Waals surface area contributed by atoms with Crippen molar-refractivity contribution >= 4 is 23.3 Å². The Balaban J connectivity index is 0.000000941. The van der Waals surface area contributed by atoms with E-state index in [0.717, 1.165) is 33.5 Å². The molecule has 0 radical (unpaired) electrons. The molecule has 29 heavy (non-hydrogen) atoms. The van der Waals surface area contributed by atoms with Crippen LogP contribution in [0, 0.1) is 30.9 Å². The van der Waals surface area contributed by atoms with Crippen molar-refractivity contribution in [2.45, 2.75) is 27.2 Å². The number of aldehydes is 1. The Morgan fingerprint density at radius 1 is 1.10 bits per heavy atom. The van der Waals surface area contributed by atoms with Gasteiger partial charge < -0.3 is 5.32 Å². The second-order valence-corrected chi connectivity index (χ2v) is 7.92. The molecule has 0 amide bonds. The minimum absolute atomic E-state index is 0.124. The first-order valence-electron chi connectivity index (χ1n) is 9.15. The zero-order valence-corrected chi connectivity index (χ0v) is 18.1. The first-order chi connectivity index (χ1) is 13.8. The monoisotopic (exact) mass is 411 g/mol. The average molecular weight is 412 g/mol. The second kappa shape index (κ2) is 10.0. The number of nitrogens with zero attached hydrogens (tertiary/aromatic N) is 2. The van der Waals surface area contributed by atoms with Crippen molar-refractivity contribution in [3.8, 4) is 11.3 Å². The molecule has 7 heteroatoms. The lowest BCUT2D eigenvalue weighted by atomic mass is 10.0. The average Bonchev–Trinajstić information content (AvgIpc) is 3.08. The predicted molar refractivity (Wildman–Crippen MR) is 118 cm³/mol. The van der Waals surface area contributed by atoms with Crippen molar-refractivity contribution < 1.29 is 9.72 Å². The molecule has 0 fully saturated rings. The topological polar surface area (TPSA) is 85.1 Å². The molecule has 3 rings (SSSR count). The Labute approximate surface area is 174 Å². The van der Waals surface area contributed by atoms with E-state index in [1.807, 2.05) is 58.3 Å². The molecule has 0 bridgehead atoms. The van der Waals surface area contributed by atoms with Gasteiger partial charge in [0, 0.05) is 23.6 Å². The lowest BCUT2D eigenvalue weighted by molar-refractivity contribution is -0.385. The number of carbonyl (C=O) groups excluding carboxylic acids is 1. The number of thiazole rings is 1. The Hall–Kier alpha value is -2.90. The van der Waals surface area contributed by atoms with Crippen molar-refractivity contribution in [3.63, 3.8) is 0 Å². The molecule has 2 aromatic carbocycles. The van der Waals surface area contributed by atoms with Crippen molar-refractivity contribution in [2.24, 2.45) is 0 Å². The number of rotatable bonds is 5.